The maximum absolute atomic E-state index is 11.4. The third kappa shape index (κ3) is 7.23. The van der Waals surface area contributed by atoms with Crippen LogP contribution < -0.4 is 10.6 Å². The van der Waals surface area contributed by atoms with Crippen molar-refractivity contribution in [2.24, 2.45) is 0 Å². The molecule has 0 heterocycles. The fourth-order valence-electron chi connectivity index (χ4n) is 1.96. The molecule has 0 aliphatic carbocycles. The Balaban J connectivity index is 1.67. The fourth-order valence-corrected chi connectivity index (χ4v) is 3.66. The Bertz CT molecular complexity index is 807. The van der Waals surface area contributed by atoms with Crippen LogP contribution in [0.4, 0.5) is 0 Å². The number of thioether (sulfide) groups is 1. The smallest absolute Gasteiger partial charge is 0.175 e. The highest BCUT2D eigenvalue weighted by atomic mass is 35.5. The van der Waals surface area contributed by atoms with Gasteiger partial charge in [0.15, 0.2) is 14.9 Å². The summed E-state index contributed by atoms with van der Waals surface area (Å²) in [5, 5.41) is 7.56. The van der Waals surface area contributed by atoms with E-state index in [0.717, 1.165) is 27.8 Å². The summed E-state index contributed by atoms with van der Waals surface area (Å²) >= 11 is 12.8. The zero-order valence-electron chi connectivity index (χ0n) is 13.7. The van der Waals surface area contributed by atoms with Crippen molar-refractivity contribution in [1.29, 1.82) is 0 Å². The third-order valence-corrected chi connectivity index (χ3v) is 5.96. The SMILES string of the molecule is CS(=O)(=O)c1ccc(CNC(=S)NCCSc2ccc(Cl)cc2)cc1. The van der Waals surface area contributed by atoms with E-state index in [1.807, 2.05) is 24.3 Å². The molecule has 0 unspecified atom stereocenters. The van der Waals surface area contributed by atoms with E-state index in [1.54, 1.807) is 36.0 Å². The van der Waals surface area contributed by atoms with Crippen molar-refractivity contribution in [3.05, 3.63) is 59.1 Å². The summed E-state index contributed by atoms with van der Waals surface area (Å²) in [5.41, 5.74) is 0.965. The van der Waals surface area contributed by atoms with E-state index < -0.39 is 9.84 Å². The van der Waals surface area contributed by atoms with Crippen molar-refractivity contribution in [3.8, 4) is 0 Å². The van der Waals surface area contributed by atoms with Crippen molar-refractivity contribution in [2.45, 2.75) is 16.3 Å². The van der Waals surface area contributed by atoms with Gasteiger partial charge < -0.3 is 10.6 Å². The number of benzene rings is 2. The van der Waals surface area contributed by atoms with E-state index in [1.165, 1.54) is 6.26 Å². The molecule has 0 atom stereocenters. The first-order chi connectivity index (χ1) is 11.8. The van der Waals surface area contributed by atoms with E-state index in [-0.39, 0.29) is 0 Å². The molecule has 0 aromatic heterocycles. The molecule has 0 aliphatic rings. The minimum absolute atomic E-state index is 0.316. The summed E-state index contributed by atoms with van der Waals surface area (Å²) in [6, 6.07) is 14.5. The summed E-state index contributed by atoms with van der Waals surface area (Å²) in [4.78, 5) is 1.48. The monoisotopic (exact) mass is 414 g/mol. The minimum atomic E-state index is -3.16. The van der Waals surface area contributed by atoms with Crippen LogP contribution in [0.3, 0.4) is 0 Å². The molecule has 8 heteroatoms. The van der Waals surface area contributed by atoms with Gasteiger partial charge in [-0.1, -0.05) is 23.7 Å². The second-order valence-electron chi connectivity index (χ2n) is 5.33. The van der Waals surface area contributed by atoms with Crippen molar-refractivity contribution in [3.63, 3.8) is 0 Å². The predicted octanol–water partition coefficient (Wildman–Crippen LogP) is 3.50. The first kappa shape index (κ1) is 20.0. The average Bonchev–Trinajstić information content (AvgIpc) is 2.58. The number of halogens is 1. The van der Waals surface area contributed by atoms with Crippen molar-refractivity contribution >= 4 is 50.5 Å². The number of thiocarbonyl (C=S) groups is 1. The van der Waals surface area contributed by atoms with Gasteiger partial charge in [0.2, 0.25) is 0 Å². The second-order valence-corrected chi connectivity index (χ2v) is 9.36. The number of sulfone groups is 1. The Labute approximate surface area is 163 Å². The third-order valence-electron chi connectivity index (χ3n) is 3.27. The molecule has 0 spiro atoms. The molecule has 2 N–H and O–H groups in total. The topological polar surface area (TPSA) is 58.2 Å². The van der Waals surface area contributed by atoms with E-state index in [9.17, 15) is 8.42 Å². The summed E-state index contributed by atoms with van der Waals surface area (Å²) in [6.45, 7) is 1.28. The summed E-state index contributed by atoms with van der Waals surface area (Å²) < 4.78 is 22.8. The summed E-state index contributed by atoms with van der Waals surface area (Å²) in [7, 11) is -3.16. The molecular formula is C17H19ClN2O2S3. The lowest BCUT2D eigenvalue weighted by Crippen LogP contribution is -2.35. The lowest BCUT2D eigenvalue weighted by Gasteiger charge is -2.11. The Morgan fingerprint density at radius 2 is 1.72 bits per heavy atom. The highest BCUT2D eigenvalue weighted by molar-refractivity contribution is 7.99. The molecule has 2 aromatic carbocycles. The number of nitrogens with one attached hydrogen (secondary N) is 2. The maximum Gasteiger partial charge on any atom is 0.175 e. The zero-order valence-corrected chi connectivity index (χ0v) is 16.9. The van der Waals surface area contributed by atoms with Gasteiger partial charge in [-0.25, -0.2) is 8.42 Å². The van der Waals surface area contributed by atoms with Crippen LogP contribution in [0.15, 0.2) is 58.3 Å². The molecule has 0 saturated carbocycles. The van der Waals surface area contributed by atoms with E-state index in [0.29, 0.717) is 16.6 Å². The molecule has 0 amide bonds. The molecule has 4 nitrogen and oxygen atoms in total. The lowest BCUT2D eigenvalue weighted by atomic mass is 10.2. The Hall–Kier alpha value is -1.28. The predicted molar refractivity (Wildman–Crippen MR) is 109 cm³/mol. The zero-order chi connectivity index (χ0) is 18.3. The second kappa shape index (κ2) is 9.43. The number of rotatable bonds is 7. The van der Waals surface area contributed by atoms with Gasteiger partial charge in [-0.05, 0) is 54.2 Å². The van der Waals surface area contributed by atoms with Gasteiger partial charge in [-0.15, -0.1) is 11.8 Å². The molecular weight excluding hydrogens is 396 g/mol. The Morgan fingerprint density at radius 3 is 2.32 bits per heavy atom. The highest BCUT2D eigenvalue weighted by Gasteiger charge is 2.06. The first-order valence-corrected chi connectivity index (χ1v) is 11.2. The lowest BCUT2D eigenvalue weighted by molar-refractivity contribution is 0.602. The maximum atomic E-state index is 11.4. The largest absolute Gasteiger partial charge is 0.362 e. The van der Waals surface area contributed by atoms with Gasteiger partial charge in [0.05, 0.1) is 4.90 Å². The standard InChI is InChI=1S/C17H19ClN2O2S3/c1-25(21,22)16-8-2-13(3-9-16)12-20-17(23)19-10-11-24-15-6-4-14(18)5-7-15/h2-9H,10-12H2,1H3,(H2,19,20,23). The number of hydrogen-bond acceptors (Lipinski definition) is 4. The summed E-state index contributed by atoms with van der Waals surface area (Å²) in [5.74, 6) is 0.881. The van der Waals surface area contributed by atoms with Gasteiger partial charge in [-0.3, -0.25) is 0 Å². The molecule has 25 heavy (non-hydrogen) atoms. The van der Waals surface area contributed by atoms with Gasteiger partial charge in [0.1, 0.15) is 0 Å². The average molecular weight is 415 g/mol. The van der Waals surface area contributed by atoms with Gasteiger partial charge in [0.25, 0.3) is 0 Å². The molecule has 0 saturated heterocycles. The van der Waals surface area contributed by atoms with Gasteiger partial charge >= 0.3 is 0 Å². The minimum Gasteiger partial charge on any atom is -0.362 e. The highest BCUT2D eigenvalue weighted by Crippen LogP contribution is 2.19. The van der Waals surface area contributed by atoms with Crippen molar-refractivity contribution in [1.82, 2.24) is 10.6 Å². The number of hydrogen-bond donors (Lipinski definition) is 2. The molecule has 0 bridgehead atoms. The summed E-state index contributed by atoms with van der Waals surface area (Å²) in [6.07, 6.45) is 1.20. The molecule has 0 radical (unpaired) electrons. The molecule has 2 aromatic rings. The van der Waals surface area contributed by atoms with Crippen molar-refractivity contribution < 1.29 is 8.42 Å². The van der Waals surface area contributed by atoms with Crippen LogP contribution in [0.25, 0.3) is 0 Å². The Morgan fingerprint density at radius 1 is 1.08 bits per heavy atom. The van der Waals surface area contributed by atoms with Crippen LogP contribution in [-0.2, 0) is 16.4 Å². The van der Waals surface area contributed by atoms with Crippen LogP contribution in [-0.4, -0.2) is 32.1 Å². The molecule has 0 aliphatic heterocycles. The van der Waals surface area contributed by atoms with Crippen LogP contribution >= 0.6 is 35.6 Å². The van der Waals surface area contributed by atoms with E-state index >= 15 is 0 Å². The van der Waals surface area contributed by atoms with Crippen LogP contribution in [0.5, 0.6) is 0 Å². The van der Waals surface area contributed by atoms with Crippen LogP contribution in [0.1, 0.15) is 5.56 Å². The van der Waals surface area contributed by atoms with E-state index in [4.69, 9.17) is 23.8 Å². The molecule has 2 rings (SSSR count). The van der Waals surface area contributed by atoms with Crippen LogP contribution in [0.2, 0.25) is 5.02 Å². The first-order valence-electron chi connectivity index (χ1n) is 7.54. The Kier molecular flexibility index (Phi) is 7.56. The van der Waals surface area contributed by atoms with Gasteiger partial charge in [0, 0.05) is 35.0 Å². The van der Waals surface area contributed by atoms with E-state index in [2.05, 4.69) is 10.6 Å². The van der Waals surface area contributed by atoms with Gasteiger partial charge in [-0.2, -0.15) is 0 Å². The molecule has 134 valence electrons. The van der Waals surface area contributed by atoms with Crippen molar-refractivity contribution in [2.75, 3.05) is 18.6 Å². The normalized spacial score (nSPS) is 11.1. The molecule has 0 fully saturated rings. The van der Waals surface area contributed by atoms with Crippen LogP contribution in [0, 0.1) is 0 Å². The fraction of sp³-hybridized carbons (Fsp3) is 0.235. The quantitative estimate of drug-likeness (QED) is 0.411.